The van der Waals surface area contributed by atoms with Gasteiger partial charge in [0, 0.05) is 18.6 Å². The lowest BCUT2D eigenvalue weighted by Crippen LogP contribution is -2.41. The van der Waals surface area contributed by atoms with Crippen LogP contribution in [0.1, 0.15) is 19.8 Å². The first-order valence-corrected chi connectivity index (χ1v) is 5.38. The lowest BCUT2D eigenvalue weighted by molar-refractivity contribution is 0.116. The van der Waals surface area contributed by atoms with Crippen molar-refractivity contribution in [1.29, 1.82) is 0 Å². The van der Waals surface area contributed by atoms with Gasteiger partial charge in [0.25, 0.3) is 0 Å². The Morgan fingerprint density at radius 3 is 2.87 bits per heavy atom. The summed E-state index contributed by atoms with van der Waals surface area (Å²) >= 11 is 0. The monoisotopic (exact) mass is 216 g/mol. The van der Waals surface area contributed by atoms with E-state index in [2.05, 4.69) is 28.9 Å². The fraction of sp³-hybridized carbons (Fsp3) is 0.900. The Morgan fingerprint density at radius 2 is 2.33 bits per heavy atom. The van der Waals surface area contributed by atoms with Crippen molar-refractivity contribution in [2.24, 2.45) is 0 Å². The average molecular weight is 216 g/mol. The van der Waals surface area contributed by atoms with Crippen molar-refractivity contribution in [2.45, 2.75) is 31.8 Å². The van der Waals surface area contributed by atoms with Crippen LogP contribution in [0.25, 0.3) is 0 Å². The molecule has 1 saturated carbocycles. The van der Waals surface area contributed by atoms with Gasteiger partial charge in [-0.2, -0.15) is 0 Å². The fourth-order valence-corrected chi connectivity index (χ4v) is 1.41. The van der Waals surface area contributed by atoms with E-state index in [9.17, 15) is 4.79 Å². The maximum atomic E-state index is 11.1. The minimum absolute atomic E-state index is 0.0542. The Hall–Kier alpha value is -0.810. The second-order valence-electron chi connectivity index (χ2n) is 3.99. The van der Waals surface area contributed by atoms with Crippen molar-refractivity contribution >= 4 is 6.09 Å². The SMILES string of the molecule is CC(CNC(=O)OCCO)N(C)C1CC1. The molecule has 0 radical (unpaired) electrons. The van der Waals surface area contributed by atoms with E-state index in [1.54, 1.807) is 0 Å². The van der Waals surface area contributed by atoms with E-state index in [1.165, 1.54) is 12.8 Å². The highest BCUT2D eigenvalue weighted by Gasteiger charge is 2.29. The summed E-state index contributed by atoms with van der Waals surface area (Å²) in [6, 6.07) is 1.01. The number of hydrogen-bond acceptors (Lipinski definition) is 4. The van der Waals surface area contributed by atoms with Gasteiger partial charge in [0.15, 0.2) is 0 Å². The molecule has 0 aromatic rings. The molecule has 1 aliphatic carbocycles. The number of likely N-dealkylation sites (N-methyl/N-ethyl adjacent to an activating group) is 1. The van der Waals surface area contributed by atoms with E-state index in [0.717, 1.165) is 0 Å². The molecule has 1 atom stereocenters. The number of rotatable bonds is 6. The molecule has 15 heavy (non-hydrogen) atoms. The lowest BCUT2D eigenvalue weighted by Gasteiger charge is -2.24. The summed E-state index contributed by atoms with van der Waals surface area (Å²) < 4.78 is 4.68. The number of amides is 1. The molecule has 1 amide bonds. The van der Waals surface area contributed by atoms with Gasteiger partial charge in [-0.3, -0.25) is 4.90 Å². The fourth-order valence-electron chi connectivity index (χ4n) is 1.41. The van der Waals surface area contributed by atoms with Crippen LogP contribution in [0.5, 0.6) is 0 Å². The molecule has 0 heterocycles. The number of aliphatic hydroxyl groups excluding tert-OH is 1. The second kappa shape index (κ2) is 5.92. The van der Waals surface area contributed by atoms with Crippen LogP contribution in [-0.4, -0.2) is 55.0 Å². The predicted molar refractivity (Wildman–Crippen MR) is 56.7 cm³/mol. The van der Waals surface area contributed by atoms with Crippen LogP contribution in [0.4, 0.5) is 4.79 Å². The highest BCUT2D eigenvalue weighted by molar-refractivity contribution is 5.67. The highest BCUT2D eigenvalue weighted by Crippen LogP contribution is 2.26. The predicted octanol–water partition coefficient (Wildman–Crippen LogP) is 0.188. The van der Waals surface area contributed by atoms with Gasteiger partial charge >= 0.3 is 6.09 Å². The quantitative estimate of drug-likeness (QED) is 0.665. The van der Waals surface area contributed by atoms with E-state index in [1.807, 2.05) is 0 Å². The number of alkyl carbamates (subject to hydrolysis) is 1. The van der Waals surface area contributed by atoms with Crippen molar-refractivity contribution in [3.63, 3.8) is 0 Å². The van der Waals surface area contributed by atoms with Crippen molar-refractivity contribution in [3.05, 3.63) is 0 Å². The summed E-state index contributed by atoms with van der Waals surface area (Å²) in [5.74, 6) is 0. The molecule has 0 bridgehead atoms. The summed E-state index contributed by atoms with van der Waals surface area (Å²) in [5, 5.41) is 11.1. The number of nitrogens with one attached hydrogen (secondary N) is 1. The summed E-state index contributed by atoms with van der Waals surface area (Å²) in [5.41, 5.74) is 0. The smallest absolute Gasteiger partial charge is 0.407 e. The van der Waals surface area contributed by atoms with Gasteiger partial charge < -0.3 is 15.2 Å². The number of aliphatic hydroxyl groups is 1. The number of hydrogen-bond donors (Lipinski definition) is 2. The molecule has 1 aliphatic rings. The molecule has 5 nitrogen and oxygen atoms in total. The maximum Gasteiger partial charge on any atom is 0.407 e. The standard InChI is InChI=1S/C10H20N2O3/c1-8(12(2)9-3-4-9)7-11-10(14)15-6-5-13/h8-9,13H,3-7H2,1-2H3,(H,11,14). The third kappa shape index (κ3) is 4.48. The van der Waals surface area contributed by atoms with Gasteiger partial charge in [0.1, 0.15) is 6.61 Å². The molecule has 0 aromatic carbocycles. The molecule has 1 unspecified atom stereocenters. The van der Waals surface area contributed by atoms with Gasteiger partial charge in [0.05, 0.1) is 6.61 Å². The highest BCUT2D eigenvalue weighted by atomic mass is 16.6. The molecular weight excluding hydrogens is 196 g/mol. The molecule has 0 saturated heterocycles. The Kier molecular flexibility index (Phi) is 4.84. The van der Waals surface area contributed by atoms with Gasteiger partial charge in [-0.25, -0.2) is 4.79 Å². The Labute approximate surface area is 90.4 Å². The topological polar surface area (TPSA) is 61.8 Å². The largest absolute Gasteiger partial charge is 0.447 e. The van der Waals surface area contributed by atoms with Crippen LogP contribution in [0, 0.1) is 0 Å². The van der Waals surface area contributed by atoms with Crippen molar-refractivity contribution < 1.29 is 14.6 Å². The van der Waals surface area contributed by atoms with Gasteiger partial charge in [-0.15, -0.1) is 0 Å². The van der Waals surface area contributed by atoms with Crippen molar-refractivity contribution in [3.8, 4) is 0 Å². The summed E-state index contributed by atoms with van der Waals surface area (Å²) in [6.07, 6.45) is 2.06. The zero-order valence-corrected chi connectivity index (χ0v) is 9.40. The number of ether oxygens (including phenoxy) is 1. The van der Waals surface area contributed by atoms with E-state index >= 15 is 0 Å². The van der Waals surface area contributed by atoms with Crippen LogP contribution in [0.15, 0.2) is 0 Å². The number of carbonyl (C=O) groups excluding carboxylic acids is 1. The van der Waals surface area contributed by atoms with Crippen LogP contribution in [-0.2, 0) is 4.74 Å². The maximum absolute atomic E-state index is 11.1. The zero-order chi connectivity index (χ0) is 11.3. The Balaban J connectivity index is 2.09. The summed E-state index contributed by atoms with van der Waals surface area (Å²) in [7, 11) is 2.07. The molecule has 1 fully saturated rings. The number of carbonyl (C=O) groups is 1. The van der Waals surface area contributed by atoms with Crippen molar-refractivity contribution in [2.75, 3.05) is 26.8 Å². The molecule has 2 N–H and O–H groups in total. The Morgan fingerprint density at radius 1 is 1.67 bits per heavy atom. The van der Waals surface area contributed by atoms with Crippen LogP contribution < -0.4 is 5.32 Å². The minimum Gasteiger partial charge on any atom is -0.447 e. The molecule has 0 aliphatic heterocycles. The normalized spacial score (nSPS) is 17.6. The molecule has 0 spiro atoms. The molecular formula is C10H20N2O3. The second-order valence-corrected chi connectivity index (χ2v) is 3.99. The number of nitrogens with zero attached hydrogens (tertiary/aromatic N) is 1. The van der Waals surface area contributed by atoms with E-state index < -0.39 is 6.09 Å². The molecule has 88 valence electrons. The van der Waals surface area contributed by atoms with Gasteiger partial charge in [-0.1, -0.05) is 0 Å². The Bertz CT molecular complexity index is 207. The first kappa shape index (κ1) is 12.3. The summed E-state index contributed by atoms with van der Waals surface area (Å²) in [4.78, 5) is 13.3. The molecule has 5 heteroatoms. The molecule has 0 aromatic heterocycles. The lowest BCUT2D eigenvalue weighted by atomic mass is 10.3. The molecule has 1 rings (SSSR count). The van der Waals surface area contributed by atoms with Crippen molar-refractivity contribution in [1.82, 2.24) is 10.2 Å². The minimum atomic E-state index is -0.458. The van der Waals surface area contributed by atoms with E-state index in [0.29, 0.717) is 18.6 Å². The van der Waals surface area contributed by atoms with Gasteiger partial charge in [-0.05, 0) is 26.8 Å². The third-order valence-corrected chi connectivity index (χ3v) is 2.68. The van der Waals surface area contributed by atoms with E-state index in [4.69, 9.17) is 5.11 Å². The first-order valence-electron chi connectivity index (χ1n) is 5.38. The van der Waals surface area contributed by atoms with E-state index in [-0.39, 0.29) is 13.2 Å². The average Bonchev–Trinajstić information content (AvgIpc) is 3.05. The zero-order valence-electron chi connectivity index (χ0n) is 9.40. The van der Waals surface area contributed by atoms with Crippen LogP contribution in [0.3, 0.4) is 0 Å². The van der Waals surface area contributed by atoms with Gasteiger partial charge in [0.2, 0.25) is 0 Å². The third-order valence-electron chi connectivity index (χ3n) is 2.68. The summed E-state index contributed by atoms with van der Waals surface area (Å²) in [6.45, 7) is 2.57. The van der Waals surface area contributed by atoms with Crippen LogP contribution in [0.2, 0.25) is 0 Å². The van der Waals surface area contributed by atoms with Crippen LogP contribution >= 0.6 is 0 Å². The first-order chi connectivity index (χ1) is 7.15.